The van der Waals surface area contributed by atoms with E-state index in [4.69, 9.17) is 9.47 Å². The van der Waals surface area contributed by atoms with Crippen LogP contribution in [0.25, 0.3) is 0 Å². The largest absolute Gasteiger partial charge is 0.493 e. The second-order valence-corrected chi connectivity index (χ2v) is 10.8. The molecule has 4 N–H and O–H groups in total. The Hall–Kier alpha value is -4.67. The smallest absolute Gasteiger partial charge is 0.413 e. The van der Waals surface area contributed by atoms with Gasteiger partial charge in [-0.3, -0.25) is 19.2 Å². The van der Waals surface area contributed by atoms with Gasteiger partial charge in [-0.1, -0.05) is 62.4 Å². The molecule has 11 nitrogen and oxygen atoms in total. The van der Waals surface area contributed by atoms with Crippen molar-refractivity contribution in [2.45, 2.75) is 71.4 Å². The molecule has 2 amide bonds. The number of carboxylic acids is 2. The quantitative estimate of drug-likeness (QED) is 0.127. The third-order valence-corrected chi connectivity index (χ3v) is 6.65. The third kappa shape index (κ3) is 13.5. The van der Waals surface area contributed by atoms with Gasteiger partial charge in [0.05, 0.1) is 19.4 Å². The zero-order valence-electron chi connectivity index (χ0n) is 25.4. The highest BCUT2D eigenvalue weighted by molar-refractivity contribution is 5.93. The summed E-state index contributed by atoms with van der Waals surface area (Å²) >= 11 is 0. The molecule has 2 atom stereocenters. The molecular weight excluding hydrogens is 568 g/mol. The van der Waals surface area contributed by atoms with Gasteiger partial charge in [0.15, 0.2) is 17.3 Å². The first-order valence-electron chi connectivity index (χ1n) is 14.6. The predicted octanol–water partition coefficient (Wildman–Crippen LogP) is 4.92. The first-order valence-corrected chi connectivity index (χ1v) is 14.6. The number of carbonyl (C=O) groups is 5. The summed E-state index contributed by atoms with van der Waals surface area (Å²) in [6.45, 7) is 4.46. The van der Waals surface area contributed by atoms with Crippen LogP contribution in [0.1, 0.15) is 63.5 Å². The second kappa shape index (κ2) is 18.8. The van der Waals surface area contributed by atoms with Crippen LogP contribution in [0, 0.1) is 11.8 Å². The van der Waals surface area contributed by atoms with Crippen molar-refractivity contribution >= 4 is 29.7 Å². The molecule has 0 saturated heterocycles. The molecular formula is C33H42N2O9. The molecule has 2 rings (SSSR count). The van der Waals surface area contributed by atoms with E-state index < -0.39 is 48.6 Å². The summed E-state index contributed by atoms with van der Waals surface area (Å²) in [5.74, 6) is -3.83. The molecule has 0 spiro atoms. The number of carbonyl (C=O) groups excluding carboxylic acids is 3. The molecule has 238 valence electrons. The van der Waals surface area contributed by atoms with Gasteiger partial charge in [0.25, 0.3) is 0 Å². The molecule has 0 saturated carbocycles. The maximum atomic E-state index is 12.9. The molecule has 0 aliphatic carbocycles. The van der Waals surface area contributed by atoms with Gasteiger partial charge in [-0.05, 0) is 54.9 Å². The van der Waals surface area contributed by atoms with Crippen molar-refractivity contribution in [3.63, 3.8) is 0 Å². The number of rotatable bonds is 19. The van der Waals surface area contributed by atoms with Crippen LogP contribution < -0.4 is 20.1 Å². The van der Waals surface area contributed by atoms with Gasteiger partial charge in [0, 0.05) is 19.4 Å². The number of methoxy groups -OCH3 is 1. The van der Waals surface area contributed by atoms with Crippen LogP contribution >= 0.6 is 0 Å². The van der Waals surface area contributed by atoms with Crippen molar-refractivity contribution in [1.29, 1.82) is 0 Å². The fraction of sp³-hybridized carbons (Fsp3) is 0.424. The van der Waals surface area contributed by atoms with Gasteiger partial charge in [-0.2, -0.15) is 0 Å². The number of amides is 2. The lowest BCUT2D eigenvalue weighted by atomic mass is 9.91. The Kier molecular flexibility index (Phi) is 15.2. The van der Waals surface area contributed by atoms with E-state index in [2.05, 4.69) is 36.6 Å². The zero-order chi connectivity index (χ0) is 32.5. The van der Waals surface area contributed by atoms with Crippen molar-refractivity contribution in [2.75, 3.05) is 7.11 Å². The number of hydrogen-bond acceptors (Lipinski definition) is 7. The average Bonchev–Trinajstić information content (AvgIpc) is 2.97. The number of nitrogens with one attached hydrogen (secondary N) is 2. The first-order chi connectivity index (χ1) is 21.0. The van der Waals surface area contributed by atoms with Crippen molar-refractivity contribution < 1.29 is 43.7 Å². The summed E-state index contributed by atoms with van der Waals surface area (Å²) in [6, 6.07) is 11.9. The predicted molar refractivity (Wildman–Crippen MR) is 163 cm³/mol. The van der Waals surface area contributed by atoms with E-state index in [0.29, 0.717) is 23.5 Å². The molecule has 0 radical (unpaired) electrons. The van der Waals surface area contributed by atoms with Crippen molar-refractivity contribution in [3.8, 4) is 11.5 Å². The lowest BCUT2D eigenvalue weighted by molar-refractivity contribution is -0.144. The van der Waals surface area contributed by atoms with E-state index in [9.17, 15) is 34.2 Å². The fourth-order valence-corrected chi connectivity index (χ4v) is 4.33. The number of ketones is 1. The minimum Gasteiger partial charge on any atom is -0.493 e. The summed E-state index contributed by atoms with van der Waals surface area (Å²) in [6.07, 6.45) is 5.02. The molecule has 0 fully saturated rings. The molecule has 0 aliphatic rings. The monoisotopic (exact) mass is 610 g/mol. The molecule has 11 heteroatoms. The molecule has 2 aromatic carbocycles. The Morgan fingerprint density at radius 2 is 1.64 bits per heavy atom. The van der Waals surface area contributed by atoms with Gasteiger partial charge in [0.2, 0.25) is 5.91 Å². The maximum Gasteiger partial charge on any atom is 0.413 e. The van der Waals surface area contributed by atoms with E-state index in [-0.39, 0.29) is 30.4 Å². The third-order valence-electron chi connectivity index (χ3n) is 6.65. The number of allylic oxidation sites excluding steroid dienone is 2. The Morgan fingerprint density at radius 3 is 2.27 bits per heavy atom. The van der Waals surface area contributed by atoms with Crippen LogP contribution in [0.2, 0.25) is 0 Å². The Bertz CT molecular complexity index is 1290. The van der Waals surface area contributed by atoms with Crippen LogP contribution in [0.3, 0.4) is 0 Å². The molecule has 0 aliphatic heterocycles. The summed E-state index contributed by atoms with van der Waals surface area (Å²) in [5.41, 5.74) is 1.40. The molecule has 0 aromatic heterocycles. The SMILES string of the molecule is COc1cc(CNC(=O)CCCC/C=C/C(C)C)ccc1OC(=O)N[C@@H](CC(=O)O)C(=O)C[C@@H](Cc1ccccc1)C(=O)O. The van der Waals surface area contributed by atoms with E-state index in [1.54, 1.807) is 42.5 Å². The van der Waals surface area contributed by atoms with Gasteiger partial charge in [0.1, 0.15) is 6.04 Å². The van der Waals surface area contributed by atoms with Crippen molar-refractivity contribution in [1.82, 2.24) is 10.6 Å². The van der Waals surface area contributed by atoms with Gasteiger partial charge < -0.3 is 30.3 Å². The van der Waals surface area contributed by atoms with Crippen molar-refractivity contribution in [3.05, 3.63) is 71.8 Å². The van der Waals surface area contributed by atoms with Gasteiger partial charge in [-0.15, -0.1) is 0 Å². The Labute approximate surface area is 257 Å². The number of unbranched alkanes of at least 4 members (excludes halogenated alkanes) is 2. The standard InChI is InChI=1S/C33H42N2O9/c1-22(2)11-7-4-5-10-14-30(37)34-21-24-15-16-28(29(18-24)43-3)44-33(42)35-26(20-31(38)39)27(36)19-25(32(40)41)17-23-12-8-6-9-13-23/h6-9,11-13,15-16,18,22,25-26H,4-5,10,14,17,19-21H2,1-3H3,(H,34,37)(H,35,42)(H,38,39)(H,40,41)/b11-7+/t25-,26+/m1/s1. The van der Waals surface area contributed by atoms with Crippen LogP contribution in [0.4, 0.5) is 4.79 Å². The lowest BCUT2D eigenvalue weighted by Gasteiger charge is -2.19. The minimum absolute atomic E-state index is 0.00328. The summed E-state index contributed by atoms with van der Waals surface area (Å²) < 4.78 is 10.6. The van der Waals surface area contributed by atoms with Crippen LogP contribution in [-0.4, -0.2) is 53.1 Å². The summed E-state index contributed by atoms with van der Waals surface area (Å²) in [5, 5.41) is 24.0. The van der Waals surface area contributed by atoms with Crippen LogP contribution in [0.15, 0.2) is 60.7 Å². The Balaban J connectivity index is 1.95. The number of hydrogen-bond donors (Lipinski definition) is 4. The summed E-state index contributed by atoms with van der Waals surface area (Å²) in [4.78, 5) is 61.1. The van der Waals surface area contributed by atoms with Crippen LogP contribution in [0.5, 0.6) is 11.5 Å². The van der Waals surface area contributed by atoms with Crippen LogP contribution in [-0.2, 0) is 32.1 Å². The molecule has 44 heavy (non-hydrogen) atoms. The van der Waals surface area contributed by atoms with E-state index in [0.717, 1.165) is 19.3 Å². The minimum atomic E-state index is -1.51. The van der Waals surface area contributed by atoms with Gasteiger partial charge >= 0.3 is 18.0 Å². The number of ether oxygens (including phenoxy) is 2. The zero-order valence-corrected chi connectivity index (χ0v) is 25.4. The van der Waals surface area contributed by atoms with E-state index in [1.165, 1.54) is 13.2 Å². The Morgan fingerprint density at radius 1 is 0.909 bits per heavy atom. The average molecular weight is 611 g/mol. The molecule has 2 aromatic rings. The molecule has 0 unspecified atom stereocenters. The number of Topliss-reactive ketones (excluding diaryl/α,β-unsaturated/α-hetero) is 1. The number of benzene rings is 2. The highest BCUT2D eigenvalue weighted by Crippen LogP contribution is 2.28. The normalized spacial score (nSPS) is 12.4. The number of carboxylic acid groups (broad SMARTS) is 2. The maximum absolute atomic E-state index is 12.9. The lowest BCUT2D eigenvalue weighted by Crippen LogP contribution is -2.44. The van der Waals surface area contributed by atoms with E-state index >= 15 is 0 Å². The molecule has 0 bridgehead atoms. The topological polar surface area (TPSA) is 168 Å². The first kappa shape index (κ1) is 35.5. The fourth-order valence-electron chi connectivity index (χ4n) is 4.33. The summed E-state index contributed by atoms with van der Waals surface area (Å²) in [7, 11) is 1.37. The molecule has 0 heterocycles. The van der Waals surface area contributed by atoms with E-state index in [1.807, 2.05) is 0 Å². The van der Waals surface area contributed by atoms with Gasteiger partial charge in [-0.25, -0.2) is 4.79 Å². The highest BCUT2D eigenvalue weighted by atomic mass is 16.6. The van der Waals surface area contributed by atoms with Crippen molar-refractivity contribution in [2.24, 2.45) is 11.8 Å². The number of aliphatic carboxylic acids is 2. The second-order valence-electron chi connectivity index (χ2n) is 10.8. The highest BCUT2D eigenvalue weighted by Gasteiger charge is 2.30.